The molecule has 0 unspecified atom stereocenters. The summed E-state index contributed by atoms with van der Waals surface area (Å²) in [6.07, 6.45) is -5.11. The molecule has 0 atom stereocenters. The Balaban J connectivity index is 5.11. The molecule has 0 aromatic heterocycles. The number of hydrogen-bond acceptors (Lipinski definition) is 3. The van der Waals surface area contributed by atoms with Gasteiger partial charge in [0.25, 0.3) is 0 Å². The van der Waals surface area contributed by atoms with Gasteiger partial charge in [-0.1, -0.05) is 0 Å². The van der Waals surface area contributed by atoms with Gasteiger partial charge in [0.15, 0.2) is 10.7 Å². The zero-order chi connectivity index (χ0) is 10.6. The van der Waals surface area contributed by atoms with Crippen LogP contribution in [-0.4, -0.2) is 19.3 Å². The van der Waals surface area contributed by atoms with Crippen LogP contribution in [-0.2, 0) is 9.53 Å². The maximum absolute atomic E-state index is 12.4. The Kier molecular flexibility index (Phi) is 4.55. The topological polar surface area (TPSA) is 26.3 Å². The predicted molar refractivity (Wildman–Crippen MR) is 39.6 cm³/mol. The van der Waals surface area contributed by atoms with Crippen LogP contribution < -0.4 is 0 Å². The molecule has 76 valence electrons. The highest BCUT2D eigenvalue weighted by atomic mass is 35.7. The summed E-state index contributed by atoms with van der Waals surface area (Å²) >= 11 is 0. The smallest absolute Gasteiger partial charge is 0.426 e. The van der Waals surface area contributed by atoms with Crippen LogP contribution in [0.1, 0.15) is 0 Å². The number of hydrogen-bond donors (Lipinski definition) is 0. The number of carbonyl (C=O) groups is 1. The first-order valence-corrected chi connectivity index (χ1v) is 4.32. The summed E-state index contributed by atoms with van der Waals surface area (Å²) in [5.74, 6) is -1.81. The first-order chi connectivity index (χ1) is 5.84. The largest absolute Gasteiger partial charge is 0.465 e. The van der Waals surface area contributed by atoms with Gasteiger partial charge >= 0.3 is 12.1 Å². The minimum absolute atomic E-state index is 0.332. The molecule has 0 bridgehead atoms. The average Bonchev–Trinajstić information content (AvgIpc) is 2.01. The molecule has 0 saturated carbocycles. The van der Waals surface area contributed by atoms with E-state index in [1.807, 2.05) is 0 Å². The summed E-state index contributed by atoms with van der Waals surface area (Å²) in [6.45, 7) is 0. The highest BCUT2D eigenvalue weighted by Gasteiger charge is 2.43. The number of rotatable bonds is 2. The number of esters is 1. The van der Waals surface area contributed by atoms with Crippen LogP contribution in [0.2, 0.25) is 0 Å². The van der Waals surface area contributed by atoms with Gasteiger partial charge in [-0.15, -0.1) is 0 Å². The molecule has 0 rings (SSSR count). The minimum Gasteiger partial charge on any atom is -0.465 e. The zero-order valence-corrected chi connectivity index (χ0v) is 7.69. The lowest BCUT2D eigenvalue weighted by atomic mass is 10.3. The summed E-state index contributed by atoms with van der Waals surface area (Å²) < 4.78 is 51.9. The molecule has 0 aliphatic rings. The fourth-order valence-electron chi connectivity index (χ4n) is 0.448. The van der Waals surface area contributed by atoms with E-state index in [9.17, 15) is 22.4 Å². The molecule has 0 spiro atoms. The van der Waals surface area contributed by atoms with E-state index >= 15 is 0 Å². The van der Waals surface area contributed by atoms with E-state index in [-0.39, 0.29) is 11.0 Å². The van der Waals surface area contributed by atoms with E-state index in [0.29, 0.717) is 7.11 Å². The van der Waals surface area contributed by atoms with Gasteiger partial charge < -0.3 is 4.74 Å². The molecule has 8 heteroatoms. The van der Waals surface area contributed by atoms with Crippen molar-refractivity contribution in [1.29, 1.82) is 0 Å². The lowest BCUT2D eigenvalue weighted by Crippen LogP contribution is -2.22. The van der Waals surface area contributed by atoms with E-state index in [2.05, 4.69) is 4.74 Å². The van der Waals surface area contributed by atoms with Crippen molar-refractivity contribution in [3.8, 4) is 0 Å². The molecule has 0 radical (unpaired) electrons. The van der Waals surface area contributed by atoms with Crippen molar-refractivity contribution in [2.75, 3.05) is 7.11 Å². The standard InChI is InChI=1S/C5H3ClF4O2S/c1-12-4(11)2(3(7)13-6)5(8,9)10/h1H3. The van der Waals surface area contributed by atoms with Crippen LogP contribution in [0.3, 0.4) is 0 Å². The van der Waals surface area contributed by atoms with Crippen molar-refractivity contribution in [3.05, 3.63) is 10.7 Å². The van der Waals surface area contributed by atoms with Gasteiger partial charge in [-0.05, 0) is 10.7 Å². The number of methoxy groups -OCH3 is 1. The van der Waals surface area contributed by atoms with Crippen LogP contribution in [0.15, 0.2) is 10.7 Å². The van der Waals surface area contributed by atoms with Gasteiger partial charge in [0.1, 0.15) is 0 Å². The molecular weight excluding hydrogens is 236 g/mol. The highest BCUT2D eigenvalue weighted by molar-refractivity contribution is 8.24. The van der Waals surface area contributed by atoms with Gasteiger partial charge in [-0.2, -0.15) is 17.6 Å². The number of halogens is 5. The Morgan fingerprint density at radius 1 is 1.46 bits per heavy atom. The van der Waals surface area contributed by atoms with E-state index in [1.54, 1.807) is 0 Å². The molecule has 0 amide bonds. The average molecular weight is 239 g/mol. The van der Waals surface area contributed by atoms with Gasteiger partial charge in [0.2, 0.25) is 0 Å². The molecule has 0 aromatic rings. The Morgan fingerprint density at radius 2 is 1.92 bits per heavy atom. The molecular formula is C5H3ClF4O2S. The Morgan fingerprint density at radius 3 is 2.15 bits per heavy atom. The van der Waals surface area contributed by atoms with Crippen LogP contribution in [0.5, 0.6) is 0 Å². The molecule has 0 fully saturated rings. The third-order valence-corrected chi connectivity index (χ3v) is 1.68. The number of alkyl halides is 3. The summed E-state index contributed by atoms with van der Waals surface area (Å²) in [6, 6.07) is 0. The Bertz CT molecular complexity index is 237. The van der Waals surface area contributed by atoms with Crippen molar-refractivity contribution in [1.82, 2.24) is 0 Å². The van der Waals surface area contributed by atoms with Gasteiger partial charge in [-0.3, -0.25) is 0 Å². The van der Waals surface area contributed by atoms with Crippen LogP contribution in [0.25, 0.3) is 0 Å². The first kappa shape index (κ1) is 12.6. The molecule has 0 aliphatic heterocycles. The minimum atomic E-state index is -5.11. The number of carbonyl (C=O) groups excluding carboxylic acids is 1. The summed E-state index contributed by atoms with van der Waals surface area (Å²) in [5, 5.41) is -1.83. The van der Waals surface area contributed by atoms with Gasteiger partial charge in [-0.25, -0.2) is 4.79 Å². The lowest BCUT2D eigenvalue weighted by Gasteiger charge is -2.08. The number of ether oxygens (including phenoxy) is 1. The molecule has 0 aromatic carbocycles. The molecule has 0 heterocycles. The Labute approximate surface area is 79.4 Å². The fourth-order valence-corrected chi connectivity index (χ4v) is 0.956. The second kappa shape index (κ2) is 4.71. The maximum atomic E-state index is 12.4. The monoisotopic (exact) mass is 238 g/mol. The molecule has 0 N–H and O–H groups in total. The van der Waals surface area contributed by atoms with Gasteiger partial charge in [0.05, 0.1) is 7.11 Å². The van der Waals surface area contributed by atoms with E-state index in [4.69, 9.17) is 10.7 Å². The quantitative estimate of drug-likeness (QED) is 0.420. The first-order valence-electron chi connectivity index (χ1n) is 2.68. The lowest BCUT2D eigenvalue weighted by molar-refractivity contribution is -0.148. The summed E-state index contributed by atoms with van der Waals surface area (Å²) in [4.78, 5) is 10.4. The van der Waals surface area contributed by atoms with E-state index in [0.717, 1.165) is 0 Å². The third-order valence-electron chi connectivity index (χ3n) is 0.937. The summed E-state index contributed by atoms with van der Waals surface area (Å²) in [7, 11) is 5.11. The highest BCUT2D eigenvalue weighted by Crippen LogP contribution is 2.35. The predicted octanol–water partition coefficient (Wildman–Crippen LogP) is 2.79. The van der Waals surface area contributed by atoms with Crippen molar-refractivity contribution < 1.29 is 27.1 Å². The normalized spacial score (nSPS) is 13.7. The van der Waals surface area contributed by atoms with Crippen molar-refractivity contribution in [2.24, 2.45) is 0 Å². The molecule has 0 saturated heterocycles. The third kappa shape index (κ3) is 3.43. The zero-order valence-electron chi connectivity index (χ0n) is 6.11. The van der Waals surface area contributed by atoms with E-state index in [1.165, 1.54) is 0 Å². The molecule has 0 aliphatic carbocycles. The van der Waals surface area contributed by atoms with Gasteiger partial charge in [0, 0.05) is 11.0 Å². The fraction of sp³-hybridized carbons (Fsp3) is 0.400. The van der Waals surface area contributed by atoms with Crippen molar-refractivity contribution >= 4 is 27.6 Å². The second-order valence-electron chi connectivity index (χ2n) is 1.72. The van der Waals surface area contributed by atoms with Crippen LogP contribution >= 0.6 is 21.7 Å². The van der Waals surface area contributed by atoms with Crippen molar-refractivity contribution in [3.63, 3.8) is 0 Å². The van der Waals surface area contributed by atoms with Crippen molar-refractivity contribution in [2.45, 2.75) is 6.18 Å². The van der Waals surface area contributed by atoms with Crippen LogP contribution in [0.4, 0.5) is 17.6 Å². The van der Waals surface area contributed by atoms with Crippen LogP contribution in [0, 0.1) is 0 Å². The Hall–Kier alpha value is -0.430. The SMILES string of the molecule is COC(=O)C(=C(F)SCl)C(F)(F)F. The second-order valence-corrected chi connectivity index (χ2v) is 2.69. The maximum Gasteiger partial charge on any atom is 0.426 e. The summed E-state index contributed by atoms with van der Waals surface area (Å²) in [5.41, 5.74) is -2.03. The molecule has 2 nitrogen and oxygen atoms in total. The van der Waals surface area contributed by atoms with E-state index < -0.39 is 22.9 Å². The molecule has 13 heavy (non-hydrogen) atoms.